The second-order valence-electron chi connectivity index (χ2n) is 3.18. The molecule has 3 N–H and O–H groups in total. The first-order chi connectivity index (χ1) is 9.89. The minimum atomic E-state index is -5.84. The van der Waals surface area contributed by atoms with Crippen LogP contribution in [0.4, 0.5) is 26.3 Å². The first-order valence-corrected chi connectivity index (χ1v) is 7.59. The lowest BCUT2D eigenvalue weighted by molar-refractivity contribution is -0.0514. The SMILES string of the molecule is O=S(=O)(O)C(F)(F)F.O=S(=O)(O)C(F)(F)F.Oc1ccccc1.[Al]. The summed E-state index contributed by atoms with van der Waals surface area (Å²) in [6.45, 7) is 0. The Morgan fingerprint density at radius 2 is 0.917 bits per heavy atom. The van der Waals surface area contributed by atoms with E-state index in [1.807, 2.05) is 6.07 Å². The Morgan fingerprint density at radius 1 is 0.708 bits per heavy atom. The quantitative estimate of drug-likeness (QED) is 0.252. The van der Waals surface area contributed by atoms with E-state index in [0.717, 1.165) is 0 Å². The molecule has 0 aliphatic carbocycles. The van der Waals surface area contributed by atoms with Crippen LogP contribution in [-0.4, -0.2) is 59.4 Å². The number of benzene rings is 1. The molecule has 1 aromatic carbocycles. The molecule has 0 heterocycles. The second-order valence-corrected chi connectivity index (χ2v) is 6.00. The highest BCUT2D eigenvalue weighted by Gasteiger charge is 2.45. The molecule has 0 spiro atoms. The van der Waals surface area contributed by atoms with E-state index in [1.54, 1.807) is 24.3 Å². The third-order valence-electron chi connectivity index (χ3n) is 1.34. The highest BCUT2D eigenvalue weighted by atomic mass is 32.2. The molecule has 16 heteroatoms. The summed E-state index contributed by atoms with van der Waals surface area (Å²) in [5.41, 5.74) is -11.1. The van der Waals surface area contributed by atoms with Crippen LogP contribution in [0.5, 0.6) is 5.75 Å². The van der Waals surface area contributed by atoms with Gasteiger partial charge in [0.1, 0.15) is 5.75 Å². The van der Waals surface area contributed by atoms with Crippen molar-refractivity contribution in [3.8, 4) is 5.75 Å². The number of rotatable bonds is 0. The van der Waals surface area contributed by atoms with Gasteiger partial charge in [-0.1, -0.05) is 18.2 Å². The molecule has 0 saturated carbocycles. The monoisotopic (exact) mass is 421 g/mol. The van der Waals surface area contributed by atoms with Gasteiger partial charge in [0.15, 0.2) is 0 Å². The van der Waals surface area contributed by atoms with Crippen LogP contribution < -0.4 is 0 Å². The lowest BCUT2D eigenvalue weighted by Gasteiger charge is -1.97. The van der Waals surface area contributed by atoms with Gasteiger partial charge < -0.3 is 5.11 Å². The number of phenols is 1. The van der Waals surface area contributed by atoms with E-state index in [4.69, 9.17) is 31.0 Å². The van der Waals surface area contributed by atoms with Gasteiger partial charge in [-0.25, -0.2) is 0 Å². The van der Waals surface area contributed by atoms with Gasteiger partial charge in [-0.2, -0.15) is 43.2 Å². The largest absolute Gasteiger partial charge is 0.522 e. The number of hydrogen-bond acceptors (Lipinski definition) is 5. The lowest BCUT2D eigenvalue weighted by atomic mass is 10.3. The number of alkyl halides is 6. The fraction of sp³-hybridized carbons (Fsp3) is 0.250. The Morgan fingerprint density at radius 3 is 1.00 bits per heavy atom. The molecular formula is C8H8AlF6O7S2. The van der Waals surface area contributed by atoms with E-state index in [0.29, 0.717) is 5.75 Å². The second kappa shape index (κ2) is 10.1. The number of para-hydroxylation sites is 1. The summed E-state index contributed by atoms with van der Waals surface area (Å²) in [6, 6.07) is 8.71. The summed E-state index contributed by atoms with van der Waals surface area (Å²) in [7, 11) is -11.7. The van der Waals surface area contributed by atoms with Gasteiger partial charge >= 0.3 is 31.3 Å². The van der Waals surface area contributed by atoms with Gasteiger partial charge in [0, 0.05) is 17.4 Å². The topological polar surface area (TPSA) is 129 Å². The van der Waals surface area contributed by atoms with Crippen molar-refractivity contribution < 1.29 is 57.4 Å². The lowest BCUT2D eigenvalue weighted by Crippen LogP contribution is -2.21. The normalized spacial score (nSPS) is 11.8. The number of phenolic OH excluding ortho intramolecular Hbond substituents is 1. The zero-order valence-electron chi connectivity index (χ0n) is 11.0. The molecular weight excluding hydrogens is 413 g/mol. The Labute approximate surface area is 142 Å². The molecule has 24 heavy (non-hydrogen) atoms. The maximum Gasteiger partial charge on any atom is 0.522 e. The summed E-state index contributed by atoms with van der Waals surface area (Å²) in [6.07, 6.45) is 0. The standard InChI is InChI=1S/C6H6O.2CHF3O3S.Al/c7-6-4-2-1-3-5-6;2*2-1(3,4)8(5,6)7;/h1-5,7H;2*(H,5,6,7);. The van der Waals surface area contributed by atoms with Crippen LogP contribution in [0.3, 0.4) is 0 Å². The molecule has 0 aliphatic rings. The molecule has 0 amide bonds. The molecule has 139 valence electrons. The average molecular weight is 421 g/mol. The first-order valence-electron chi connectivity index (χ1n) is 4.71. The average Bonchev–Trinajstić information content (AvgIpc) is 2.25. The smallest absolute Gasteiger partial charge is 0.508 e. The summed E-state index contributed by atoms with van der Waals surface area (Å²) in [5, 5.41) is 8.63. The maximum absolute atomic E-state index is 10.7. The van der Waals surface area contributed by atoms with Crippen molar-refractivity contribution >= 4 is 37.6 Å². The zero-order chi connectivity index (χ0) is 19.1. The fourth-order valence-corrected chi connectivity index (χ4v) is 0.428. The molecule has 1 rings (SSSR count). The molecule has 7 nitrogen and oxygen atoms in total. The number of hydrogen-bond donors (Lipinski definition) is 3. The molecule has 0 fully saturated rings. The van der Waals surface area contributed by atoms with Crippen molar-refractivity contribution in [1.29, 1.82) is 0 Å². The molecule has 1 aromatic rings. The van der Waals surface area contributed by atoms with Crippen LogP contribution in [-0.2, 0) is 20.2 Å². The molecule has 3 radical (unpaired) electrons. The van der Waals surface area contributed by atoms with Crippen LogP contribution in [0.2, 0.25) is 0 Å². The van der Waals surface area contributed by atoms with Gasteiger partial charge in [-0.15, -0.1) is 0 Å². The minimum Gasteiger partial charge on any atom is -0.508 e. The van der Waals surface area contributed by atoms with E-state index >= 15 is 0 Å². The van der Waals surface area contributed by atoms with Crippen LogP contribution >= 0.6 is 0 Å². The van der Waals surface area contributed by atoms with Crippen molar-refractivity contribution in [1.82, 2.24) is 0 Å². The predicted molar refractivity (Wildman–Crippen MR) is 69.1 cm³/mol. The van der Waals surface area contributed by atoms with Crippen molar-refractivity contribution in [3.05, 3.63) is 30.3 Å². The van der Waals surface area contributed by atoms with E-state index in [9.17, 15) is 26.3 Å². The maximum atomic E-state index is 10.7. The molecule has 0 aliphatic heterocycles. The zero-order valence-corrected chi connectivity index (χ0v) is 13.8. The van der Waals surface area contributed by atoms with Gasteiger partial charge in [0.25, 0.3) is 0 Å². The third kappa shape index (κ3) is 13.4. The van der Waals surface area contributed by atoms with Gasteiger partial charge in [0.05, 0.1) is 0 Å². The Kier molecular flexibility index (Phi) is 11.6. The molecule has 0 bridgehead atoms. The summed E-state index contributed by atoms with van der Waals surface area (Å²) < 4.78 is 115. The van der Waals surface area contributed by atoms with E-state index < -0.39 is 31.3 Å². The summed E-state index contributed by atoms with van der Waals surface area (Å²) >= 11 is 0. The summed E-state index contributed by atoms with van der Waals surface area (Å²) in [5.74, 6) is 0.322. The molecule has 0 saturated heterocycles. The van der Waals surface area contributed by atoms with Crippen LogP contribution in [0.25, 0.3) is 0 Å². The molecule has 0 atom stereocenters. The molecule has 0 unspecified atom stereocenters. The first kappa shape index (κ1) is 27.8. The van der Waals surface area contributed by atoms with Crippen LogP contribution in [0, 0.1) is 0 Å². The number of halogens is 6. The van der Waals surface area contributed by atoms with Gasteiger partial charge in [-0.05, 0) is 12.1 Å². The summed E-state index contributed by atoms with van der Waals surface area (Å²) in [4.78, 5) is 0. The van der Waals surface area contributed by atoms with E-state index in [1.165, 1.54) is 0 Å². The predicted octanol–water partition coefficient (Wildman–Crippen LogP) is 1.80. The Bertz CT molecular complexity index is 627. The van der Waals surface area contributed by atoms with Crippen molar-refractivity contribution in [2.24, 2.45) is 0 Å². The van der Waals surface area contributed by atoms with Gasteiger partial charge in [0.2, 0.25) is 0 Å². The van der Waals surface area contributed by atoms with Gasteiger partial charge in [-0.3, -0.25) is 9.11 Å². The number of aromatic hydroxyl groups is 1. The van der Waals surface area contributed by atoms with Crippen LogP contribution in [0.1, 0.15) is 0 Å². The van der Waals surface area contributed by atoms with Crippen molar-refractivity contribution in [2.75, 3.05) is 0 Å². The Balaban J connectivity index is -0.000000270. The van der Waals surface area contributed by atoms with Crippen LogP contribution in [0.15, 0.2) is 30.3 Å². The van der Waals surface area contributed by atoms with Crippen molar-refractivity contribution in [2.45, 2.75) is 11.0 Å². The fourth-order valence-electron chi connectivity index (χ4n) is 0.428. The van der Waals surface area contributed by atoms with Crippen molar-refractivity contribution in [3.63, 3.8) is 0 Å². The van der Waals surface area contributed by atoms with E-state index in [-0.39, 0.29) is 17.4 Å². The minimum absolute atomic E-state index is 0. The third-order valence-corrected chi connectivity index (χ3v) is 2.51. The van der Waals surface area contributed by atoms with E-state index in [2.05, 4.69) is 0 Å². The highest BCUT2D eigenvalue weighted by molar-refractivity contribution is 7.86. The Hall–Kier alpha value is -1.05. The molecule has 0 aromatic heterocycles. The highest BCUT2D eigenvalue weighted by Crippen LogP contribution is 2.21.